The highest BCUT2D eigenvalue weighted by Gasteiger charge is 2.75. The third kappa shape index (κ3) is 24.7. The summed E-state index contributed by atoms with van der Waals surface area (Å²) in [5.41, 5.74) is 5.87. The van der Waals surface area contributed by atoms with Gasteiger partial charge in [0.1, 0.15) is 60.3 Å². The van der Waals surface area contributed by atoms with E-state index in [9.17, 15) is 78.3 Å². The minimum Gasteiger partial charge on any atom is -0.508 e. The van der Waals surface area contributed by atoms with E-state index in [-0.39, 0.29) is 91.0 Å². The normalized spacial score (nSPS) is 22.9. The van der Waals surface area contributed by atoms with E-state index in [1.54, 1.807) is 141 Å². The number of ether oxygens (including phenoxy) is 7. The van der Waals surface area contributed by atoms with Crippen LogP contribution in [0.2, 0.25) is 0 Å². The Hall–Kier alpha value is -12.4. The van der Waals surface area contributed by atoms with Crippen LogP contribution in [0.5, 0.6) is 5.75 Å². The van der Waals surface area contributed by atoms with Crippen LogP contribution >= 0.6 is 25.3 Å². The minimum atomic E-state index is -2.30. The fourth-order valence-corrected chi connectivity index (χ4v) is 18.7. The van der Waals surface area contributed by atoms with Crippen molar-refractivity contribution in [1.82, 2.24) is 42.2 Å². The molecule has 2 saturated carbocycles. The molecule has 3 aliphatic carbocycles. The highest BCUT2D eigenvalue weighted by molar-refractivity contribution is 7.80. The molecule has 1 saturated heterocycles. The second kappa shape index (κ2) is 45.8. The number of para-hydroxylation sites is 1. The number of benzene rings is 6. The van der Waals surface area contributed by atoms with Crippen molar-refractivity contribution in [3.05, 3.63) is 221 Å². The molecule has 36 nitrogen and oxygen atoms in total. The van der Waals surface area contributed by atoms with Gasteiger partial charge in [-0.25, -0.2) is 4.79 Å². The van der Waals surface area contributed by atoms with Crippen LogP contribution < -0.4 is 48.7 Å². The van der Waals surface area contributed by atoms with E-state index >= 15 is 14.4 Å². The van der Waals surface area contributed by atoms with E-state index in [1.165, 1.54) is 69.3 Å². The lowest BCUT2D eigenvalue weighted by molar-refractivity contribution is -0.342. The number of thiol groups is 2. The van der Waals surface area contributed by atoms with Crippen molar-refractivity contribution >= 4 is 119 Å². The molecule has 4 aliphatic rings. The van der Waals surface area contributed by atoms with E-state index in [0.29, 0.717) is 27.6 Å². The van der Waals surface area contributed by atoms with E-state index in [2.05, 4.69) is 67.5 Å². The van der Waals surface area contributed by atoms with Crippen LogP contribution in [-0.4, -0.2) is 234 Å². The van der Waals surface area contributed by atoms with Crippen molar-refractivity contribution in [3.63, 3.8) is 0 Å². The Morgan fingerprint density at radius 1 is 0.607 bits per heavy atom. The third-order valence-electron chi connectivity index (χ3n) is 25.5. The number of carbonyl (C=O) groups excluding carboxylic acids is 14. The molecule has 7 aromatic rings. The van der Waals surface area contributed by atoms with Gasteiger partial charge in [-0.3, -0.25) is 62.3 Å². The molecular formula is C97H116N10O26S2. The Kier molecular flexibility index (Phi) is 34.9. The SMILES string of the molecule is CC(=O)O[C@H]1C(=O)[C@@]2(C)C(C(OC(O)c3ccccc3)C[C@]3(O)C[C@H](OC(=O)[C@H](OC(=O)CCCC(=O)O[C@H](Cc4ccccc4)C(=O)N[C@@H](CS)C(=O)N[C@@H](Cc4ccc(O)cc4)C(=O)N[C@@H](Cc4c[nH]c5ccccc45)C(=O)N[C@@H](CCCN)C(=O)N[C@@H](CS)C(=O)N[C@H](C(N)=O)[C@@H](C)O)[C@H](NC(=O)c4ccccc4)c4ccccc4)C(C)=C1C3(C)C)[C@]1(OC(C)=O)CO[C@@H]1C[C@@H]2O. The number of phenolic OH excluding ortho intramolecular Hbond substituents is 1. The number of aromatic hydroxyl groups is 1. The first-order chi connectivity index (χ1) is 64.2. The van der Waals surface area contributed by atoms with Gasteiger partial charge in [0, 0.05) is 116 Å². The van der Waals surface area contributed by atoms with Crippen molar-refractivity contribution in [1.29, 1.82) is 0 Å². The van der Waals surface area contributed by atoms with E-state index in [1.807, 2.05) is 0 Å². The maximum atomic E-state index is 16.3. The van der Waals surface area contributed by atoms with Gasteiger partial charge < -0.3 is 112 Å². The summed E-state index contributed by atoms with van der Waals surface area (Å²) in [6.07, 6.45) is -17.5. The lowest BCUT2D eigenvalue weighted by Gasteiger charge is -2.63. The molecule has 0 spiro atoms. The second-order valence-corrected chi connectivity index (χ2v) is 35.8. The molecule has 3 fully saturated rings. The number of aliphatic hydroxyl groups is 4. The number of aromatic nitrogens is 1. The summed E-state index contributed by atoms with van der Waals surface area (Å²) >= 11 is 8.66. The number of hydrogen-bond acceptors (Lipinski definition) is 29. The van der Waals surface area contributed by atoms with Gasteiger partial charge >= 0.3 is 29.8 Å². The molecule has 3 unspecified atom stereocenters. The number of hydrogen-bond donors (Lipinski definition) is 17. The average molecular weight is 1900 g/mol. The topological polar surface area (TPSA) is 557 Å². The fourth-order valence-electron chi connectivity index (χ4n) is 18.2. The molecular weight excluding hydrogens is 1790 g/mol. The number of nitrogens with two attached hydrogens (primary N) is 2. The van der Waals surface area contributed by atoms with Gasteiger partial charge in [0.25, 0.3) is 11.8 Å². The molecule has 11 rings (SSSR count). The monoisotopic (exact) mass is 1900 g/mol. The van der Waals surface area contributed by atoms with Gasteiger partial charge in [-0.1, -0.05) is 153 Å². The number of nitrogens with one attached hydrogen (secondary N) is 8. The number of Topliss-reactive ketones (excluding diaryl/α,β-unsaturated/α-hetero) is 1. The number of aliphatic hydroxyl groups excluding tert-OH is 3. The van der Waals surface area contributed by atoms with Crippen molar-refractivity contribution in [3.8, 4) is 5.75 Å². The van der Waals surface area contributed by atoms with Crippen LogP contribution in [-0.2, 0) is 115 Å². The number of H-pyrrole nitrogens is 1. The van der Waals surface area contributed by atoms with Crippen LogP contribution in [0.3, 0.4) is 0 Å². The summed E-state index contributed by atoms with van der Waals surface area (Å²) in [6, 6.07) is 33.8. The van der Waals surface area contributed by atoms with Crippen LogP contribution in [0.25, 0.3) is 10.9 Å². The maximum Gasteiger partial charge on any atom is 0.350 e. The highest BCUT2D eigenvalue weighted by atomic mass is 32.1. The molecule has 20 atom stereocenters. The lowest BCUT2D eigenvalue weighted by Crippen LogP contribution is -2.77. The quantitative estimate of drug-likeness (QED) is 0.00848. The maximum absolute atomic E-state index is 16.3. The summed E-state index contributed by atoms with van der Waals surface area (Å²) in [6.45, 7) is 9.10. The molecule has 135 heavy (non-hydrogen) atoms. The van der Waals surface area contributed by atoms with Crippen LogP contribution in [0.4, 0.5) is 0 Å². The van der Waals surface area contributed by atoms with E-state index in [0.717, 1.165) is 13.8 Å². The summed E-state index contributed by atoms with van der Waals surface area (Å²) in [5.74, 6) is -16.4. The summed E-state index contributed by atoms with van der Waals surface area (Å²) in [7, 11) is 0. The fraction of sp³-hybridized carbons (Fsp3) is 0.443. The molecule has 2 heterocycles. The number of phenols is 1. The molecule has 1 aliphatic heterocycles. The van der Waals surface area contributed by atoms with Gasteiger partial charge in [0.2, 0.25) is 41.5 Å². The third-order valence-corrected chi connectivity index (χ3v) is 26.2. The Morgan fingerprint density at radius 2 is 1.14 bits per heavy atom. The number of ketones is 1. The number of fused-ring (bicyclic) bond motifs is 6. The molecule has 17 N–H and O–H groups in total. The molecule has 1 aromatic heterocycles. The average Bonchev–Trinajstić information content (AvgIpc) is 1.64. The van der Waals surface area contributed by atoms with E-state index in [4.69, 9.17) is 44.6 Å². The summed E-state index contributed by atoms with van der Waals surface area (Å²) < 4.78 is 43.6. The van der Waals surface area contributed by atoms with Gasteiger partial charge in [-0.15, -0.1) is 0 Å². The van der Waals surface area contributed by atoms with Gasteiger partial charge in [-0.05, 0) is 110 Å². The number of esters is 5. The lowest BCUT2D eigenvalue weighted by atomic mass is 9.52. The Bertz CT molecular complexity index is 5470. The Labute approximate surface area is 789 Å². The zero-order chi connectivity index (χ0) is 98.0. The van der Waals surface area contributed by atoms with Crippen molar-refractivity contribution in [2.24, 2.45) is 28.2 Å². The van der Waals surface area contributed by atoms with Crippen molar-refractivity contribution < 1.29 is 126 Å². The number of carbonyl (C=O) groups is 14. The van der Waals surface area contributed by atoms with Crippen molar-refractivity contribution in [2.75, 3.05) is 24.7 Å². The highest BCUT2D eigenvalue weighted by Crippen LogP contribution is 2.63. The number of aromatic amines is 1. The molecule has 0 radical (unpaired) electrons. The molecule has 8 amide bonds. The summed E-state index contributed by atoms with van der Waals surface area (Å²) in [4.78, 5) is 206. The first kappa shape index (κ1) is 103. The second-order valence-electron chi connectivity index (χ2n) is 35.1. The smallest absolute Gasteiger partial charge is 0.350 e. The van der Waals surface area contributed by atoms with Crippen LogP contribution in [0.1, 0.15) is 150 Å². The first-order valence-corrected chi connectivity index (χ1v) is 45.6. The van der Waals surface area contributed by atoms with Gasteiger partial charge in [-0.2, -0.15) is 25.3 Å². The van der Waals surface area contributed by atoms with Gasteiger partial charge in [0.05, 0.1) is 35.9 Å². The molecule has 6 aromatic carbocycles. The predicted octanol–water partition coefficient (Wildman–Crippen LogP) is 3.90. The van der Waals surface area contributed by atoms with Gasteiger partial charge in [0.15, 0.2) is 29.9 Å². The number of amides is 8. The minimum absolute atomic E-state index is 0.0375. The summed E-state index contributed by atoms with van der Waals surface area (Å²) in [5, 5.41) is 78.1. The predicted molar refractivity (Wildman–Crippen MR) is 493 cm³/mol. The molecule has 38 heteroatoms. The zero-order valence-corrected chi connectivity index (χ0v) is 77.3. The zero-order valence-electron chi connectivity index (χ0n) is 75.5. The first-order valence-electron chi connectivity index (χ1n) is 44.4. The molecule has 722 valence electrons. The van der Waals surface area contributed by atoms with Crippen LogP contribution in [0.15, 0.2) is 187 Å². The number of primary amides is 1. The Morgan fingerprint density at radius 3 is 1.72 bits per heavy atom. The standard InChI is InChI=1S/C97H116N10O26S2/c1-52-71(46-96(126)47-72(131-92(124)60-30-18-11-19-31-60)82-95(7,73(112)45-74-97(82,51-127-74)133-55(4)110)83(115)80(128-54(3)109)77(52)94(96,5)6)130-93(125)81(79(58-26-14-9-15-27-58)107-85(117)59-28-16-10-17-29-59)132-76(114)36-22-35-75(113)129-70(43-56-24-12-8-13-25-56)91(123)105-68(49-134)89(121)102-66(42-57-37-39-62(111)40-38-57)87(119)103-67(44-61-48-100-64-33-21-20-32-63(61)64)88(120)101-65(34-23-41-98)86(118)104-69(50-135)90(122)106-78(53(2)108)84(99)116/h8-21,24-33,37-40,48,53,65-74,78-82,92,100,108,111-112,124,126,134-135H,22-23,34-36,41-47,49-51,98H2,1-7H3,(H2,99,116)(H,101,120)(H,102,121)(H,103,119)(H,104,118)(H,105,123)(H,106,122)(H,107,117)/t53-,65+,66+,67+,68+,69+,70-,71+,72?,73+,74-,78+,79-,80-,81-,82?,92?,95-,96-,97+/m1/s1. The Balaban J connectivity index is 0.845. The molecule has 2 bridgehead atoms. The van der Waals surface area contributed by atoms with Crippen LogP contribution in [0, 0.1) is 16.7 Å². The van der Waals surface area contributed by atoms with E-state index < -0.39 is 246 Å². The van der Waals surface area contributed by atoms with Crippen molar-refractivity contribution in [2.45, 2.75) is 228 Å². The number of rotatable bonds is 42. The largest absolute Gasteiger partial charge is 0.508 e.